The molecule has 0 saturated heterocycles. The highest BCUT2D eigenvalue weighted by Gasteiger charge is 2.38. The van der Waals surface area contributed by atoms with Crippen molar-refractivity contribution < 1.29 is 9.50 Å². The Labute approximate surface area is 124 Å². The molecule has 0 radical (unpaired) electrons. The normalized spacial score (nSPS) is 20.7. The van der Waals surface area contributed by atoms with E-state index < -0.39 is 5.60 Å². The van der Waals surface area contributed by atoms with Crippen LogP contribution in [0.3, 0.4) is 0 Å². The molecule has 0 saturated carbocycles. The molecule has 2 nitrogen and oxygen atoms in total. The number of benzene rings is 1. The molecular formula is C18H20FNO. The van der Waals surface area contributed by atoms with Crippen molar-refractivity contribution in [3.8, 4) is 0 Å². The first-order valence-electron chi connectivity index (χ1n) is 7.43. The molecule has 1 aliphatic rings. The van der Waals surface area contributed by atoms with Crippen LogP contribution in [0.15, 0.2) is 36.5 Å². The van der Waals surface area contributed by atoms with Gasteiger partial charge in [-0.25, -0.2) is 4.39 Å². The lowest BCUT2D eigenvalue weighted by Crippen LogP contribution is -2.33. The molecule has 3 rings (SSSR count). The summed E-state index contributed by atoms with van der Waals surface area (Å²) in [5.41, 5.74) is 2.25. The number of fused-ring (bicyclic) bond motifs is 1. The summed E-state index contributed by atoms with van der Waals surface area (Å²) in [5.74, 6) is -0.366. The van der Waals surface area contributed by atoms with Crippen molar-refractivity contribution >= 4 is 0 Å². The van der Waals surface area contributed by atoms with Crippen molar-refractivity contribution in [3.05, 3.63) is 64.7 Å². The minimum Gasteiger partial charge on any atom is -0.385 e. The molecule has 2 atom stereocenters. The molecule has 3 heteroatoms. The van der Waals surface area contributed by atoms with E-state index in [1.54, 1.807) is 26.1 Å². The molecule has 0 aliphatic heterocycles. The van der Waals surface area contributed by atoms with Crippen molar-refractivity contribution in [3.63, 3.8) is 0 Å². The number of hydrogen-bond acceptors (Lipinski definition) is 2. The van der Waals surface area contributed by atoms with Gasteiger partial charge in [0, 0.05) is 17.8 Å². The zero-order chi connectivity index (χ0) is 15.0. The molecule has 21 heavy (non-hydrogen) atoms. The summed E-state index contributed by atoms with van der Waals surface area (Å²) in [6, 6.07) is 8.99. The quantitative estimate of drug-likeness (QED) is 0.909. The van der Waals surface area contributed by atoms with E-state index >= 15 is 0 Å². The van der Waals surface area contributed by atoms with Crippen LogP contribution in [0.2, 0.25) is 0 Å². The number of pyridine rings is 1. The van der Waals surface area contributed by atoms with Crippen LogP contribution in [0.1, 0.15) is 48.1 Å². The predicted molar refractivity (Wildman–Crippen MR) is 80.6 cm³/mol. The van der Waals surface area contributed by atoms with Crippen molar-refractivity contribution in [2.45, 2.75) is 44.6 Å². The van der Waals surface area contributed by atoms with Crippen molar-refractivity contribution in [1.82, 2.24) is 4.98 Å². The van der Waals surface area contributed by atoms with Gasteiger partial charge in [0.2, 0.25) is 0 Å². The average molecular weight is 285 g/mol. The third-order valence-corrected chi connectivity index (χ3v) is 4.63. The molecule has 1 N–H and O–H groups in total. The summed E-state index contributed by atoms with van der Waals surface area (Å²) in [7, 11) is 0. The van der Waals surface area contributed by atoms with Crippen LogP contribution in [0.5, 0.6) is 0 Å². The molecule has 2 aromatic rings. The molecule has 1 aliphatic carbocycles. The molecule has 0 fully saturated rings. The second-order valence-electron chi connectivity index (χ2n) is 6.10. The Hall–Kier alpha value is -1.74. The average Bonchev–Trinajstić information content (AvgIpc) is 2.49. The lowest BCUT2D eigenvalue weighted by atomic mass is 9.73. The van der Waals surface area contributed by atoms with Gasteiger partial charge in [-0.3, -0.25) is 4.98 Å². The van der Waals surface area contributed by atoms with Crippen LogP contribution in [0, 0.1) is 12.7 Å². The number of aliphatic hydroxyl groups is 1. The number of aromatic nitrogens is 1. The van der Waals surface area contributed by atoms with Crippen LogP contribution < -0.4 is 0 Å². The van der Waals surface area contributed by atoms with Gasteiger partial charge in [-0.15, -0.1) is 0 Å². The van der Waals surface area contributed by atoms with Crippen molar-refractivity contribution in [2.24, 2.45) is 0 Å². The molecule has 0 spiro atoms. The van der Waals surface area contributed by atoms with Crippen LogP contribution >= 0.6 is 0 Å². The molecule has 110 valence electrons. The predicted octanol–water partition coefficient (Wildman–Crippen LogP) is 3.86. The Morgan fingerprint density at radius 2 is 2.14 bits per heavy atom. The van der Waals surface area contributed by atoms with Gasteiger partial charge in [0.15, 0.2) is 0 Å². The van der Waals surface area contributed by atoms with E-state index in [4.69, 9.17) is 0 Å². The second-order valence-corrected chi connectivity index (χ2v) is 6.10. The highest BCUT2D eigenvalue weighted by atomic mass is 19.1. The van der Waals surface area contributed by atoms with Gasteiger partial charge in [-0.2, -0.15) is 0 Å². The minimum absolute atomic E-state index is 0.0930. The van der Waals surface area contributed by atoms with E-state index in [9.17, 15) is 9.50 Å². The molecule has 0 amide bonds. The van der Waals surface area contributed by atoms with Crippen LogP contribution in [-0.4, -0.2) is 10.1 Å². The summed E-state index contributed by atoms with van der Waals surface area (Å²) in [5, 5.41) is 11.1. The maximum absolute atomic E-state index is 13.8. The van der Waals surface area contributed by atoms with Gasteiger partial charge in [-0.05, 0) is 61.9 Å². The molecule has 1 heterocycles. The second kappa shape index (κ2) is 5.23. The first-order valence-corrected chi connectivity index (χ1v) is 7.43. The zero-order valence-corrected chi connectivity index (χ0v) is 12.4. The van der Waals surface area contributed by atoms with E-state index in [0.717, 1.165) is 25.0 Å². The molecular weight excluding hydrogens is 265 g/mol. The standard InChI is InChI=1S/C18H20FNO/c1-12-8-9-14(11-16(12)19)18(2,21)15-7-3-5-13-6-4-10-20-17(13)15/h4,6,8-11,15,21H,3,5,7H2,1-2H3. The SMILES string of the molecule is Cc1ccc(C(C)(O)C2CCCc3cccnc32)cc1F. The fourth-order valence-corrected chi connectivity index (χ4v) is 3.27. The Kier molecular flexibility index (Phi) is 3.54. The molecule has 0 bridgehead atoms. The van der Waals surface area contributed by atoms with E-state index in [1.807, 2.05) is 12.1 Å². The fraction of sp³-hybridized carbons (Fsp3) is 0.389. The monoisotopic (exact) mass is 285 g/mol. The van der Waals surface area contributed by atoms with E-state index in [1.165, 1.54) is 11.6 Å². The number of nitrogens with zero attached hydrogens (tertiary/aromatic N) is 1. The Balaban J connectivity index is 2.04. The molecule has 1 aromatic carbocycles. The van der Waals surface area contributed by atoms with Crippen LogP contribution in [0.4, 0.5) is 4.39 Å². The highest BCUT2D eigenvalue weighted by Crippen LogP contribution is 2.43. The Morgan fingerprint density at radius 3 is 2.90 bits per heavy atom. The lowest BCUT2D eigenvalue weighted by Gasteiger charge is -2.36. The smallest absolute Gasteiger partial charge is 0.126 e. The topological polar surface area (TPSA) is 33.1 Å². The highest BCUT2D eigenvalue weighted by molar-refractivity contribution is 5.35. The third kappa shape index (κ3) is 2.46. The summed E-state index contributed by atoms with van der Waals surface area (Å²) in [6.45, 7) is 3.50. The minimum atomic E-state index is -1.11. The maximum atomic E-state index is 13.8. The van der Waals surface area contributed by atoms with Crippen LogP contribution in [0.25, 0.3) is 0 Å². The van der Waals surface area contributed by atoms with E-state index in [2.05, 4.69) is 11.1 Å². The van der Waals surface area contributed by atoms with Crippen molar-refractivity contribution in [2.75, 3.05) is 0 Å². The number of hydrogen-bond donors (Lipinski definition) is 1. The van der Waals surface area contributed by atoms with Gasteiger partial charge in [0.05, 0.1) is 5.60 Å². The van der Waals surface area contributed by atoms with Gasteiger partial charge in [-0.1, -0.05) is 18.2 Å². The Morgan fingerprint density at radius 1 is 1.33 bits per heavy atom. The van der Waals surface area contributed by atoms with Crippen LogP contribution in [-0.2, 0) is 12.0 Å². The fourth-order valence-electron chi connectivity index (χ4n) is 3.27. The summed E-state index contributed by atoms with van der Waals surface area (Å²) < 4.78 is 13.8. The number of halogens is 1. The van der Waals surface area contributed by atoms with E-state index in [0.29, 0.717) is 11.1 Å². The van der Waals surface area contributed by atoms with Gasteiger partial charge < -0.3 is 5.11 Å². The van der Waals surface area contributed by atoms with E-state index in [-0.39, 0.29) is 11.7 Å². The van der Waals surface area contributed by atoms with Gasteiger partial charge in [0.25, 0.3) is 0 Å². The summed E-state index contributed by atoms with van der Waals surface area (Å²) in [6.07, 6.45) is 4.65. The van der Waals surface area contributed by atoms with Crippen molar-refractivity contribution in [1.29, 1.82) is 0 Å². The maximum Gasteiger partial charge on any atom is 0.126 e. The number of aryl methyl sites for hydroxylation is 2. The lowest BCUT2D eigenvalue weighted by molar-refractivity contribution is 0.0186. The summed E-state index contributed by atoms with van der Waals surface area (Å²) >= 11 is 0. The first kappa shape index (κ1) is 14.2. The zero-order valence-electron chi connectivity index (χ0n) is 12.4. The molecule has 1 aromatic heterocycles. The largest absolute Gasteiger partial charge is 0.385 e. The van der Waals surface area contributed by atoms with Gasteiger partial charge >= 0.3 is 0 Å². The molecule has 2 unspecified atom stereocenters. The van der Waals surface area contributed by atoms with Gasteiger partial charge in [0.1, 0.15) is 5.82 Å². The third-order valence-electron chi connectivity index (χ3n) is 4.63. The Bertz CT molecular complexity index is 666. The summed E-state index contributed by atoms with van der Waals surface area (Å²) in [4.78, 5) is 4.48. The first-order chi connectivity index (χ1) is 10.00. The number of rotatable bonds is 2.